The third kappa shape index (κ3) is 7.70. The molecular formula is C11H23N3O3. The van der Waals surface area contributed by atoms with E-state index < -0.39 is 18.0 Å². The van der Waals surface area contributed by atoms with Crippen LogP contribution in [0.3, 0.4) is 0 Å². The van der Waals surface area contributed by atoms with Gasteiger partial charge in [-0.2, -0.15) is 0 Å². The van der Waals surface area contributed by atoms with Crippen molar-refractivity contribution in [2.24, 2.45) is 11.7 Å². The summed E-state index contributed by atoms with van der Waals surface area (Å²) >= 11 is 0. The Morgan fingerprint density at radius 2 is 2.00 bits per heavy atom. The monoisotopic (exact) mass is 245 g/mol. The molecule has 3 amide bonds. The fourth-order valence-electron chi connectivity index (χ4n) is 1.61. The van der Waals surface area contributed by atoms with Crippen molar-refractivity contribution in [2.75, 3.05) is 13.2 Å². The number of hydrogen-bond donors (Lipinski definition) is 4. The molecule has 0 aliphatic carbocycles. The summed E-state index contributed by atoms with van der Waals surface area (Å²) in [6.45, 7) is 4.53. The highest BCUT2D eigenvalue weighted by Gasteiger charge is 2.15. The van der Waals surface area contributed by atoms with Crippen LogP contribution in [-0.4, -0.2) is 36.2 Å². The molecule has 17 heavy (non-hydrogen) atoms. The summed E-state index contributed by atoms with van der Waals surface area (Å²) in [7, 11) is 0. The molecular weight excluding hydrogens is 222 g/mol. The fraction of sp³-hybridized carbons (Fsp3) is 0.818. The predicted molar refractivity (Wildman–Crippen MR) is 65.3 cm³/mol. The number of nitrogens with two attached hydrogens (primary N) is 1. The first-order chi connectivity index (χ1) is 8.01. The third-order valence-corrected chi connectivity index (χ3v) is 2.59. The fourth-order valence-corrected chi connectivity index (χ4v) is 1.61. The number of carbonyl (C=O) groups is 2. The van der Waals surface area contributed by atoms with E-state index in [9.17, 15) is 9.59 Å². The maximum atomic E-state index is 11.4. The van der Waals surface area contributed by atoms with Gasteiger partial charge in [-0.3, -0.25) is 10.1 Å². The molecule has 0 aromatic rings. The first-order valence-electron chi connectivity index (χ1n) is 5.95. The smallest absolute Gasteiger partial charge is 0.318 e. The topological polar surface area (TPSA) is 104 Å². The van der Waals surface area contributed by atoms with Crippen LogP contribution >= 0.6 is 0 Å². The van der Waals surface area contributed by atoms with Gasteiger partial charge < -0.3 is 16.2 Å². The lowest BCUT2D eigenvalue weighted by atomic mass is 10.00. The number of nitrogens with one attached hydrogen (secondary N) is 2. The molecule has 5 N–H and O–H groups in total. The van der Waals surface area contributed by atoms with E-state index in [4.69, 9.17) is 10.8 Å². The van der Waals surface area contributed by atoms with Gasteiger partial charge in [0.2, 0.25) is 5.91 Å². The summed E-state index contributed by atoms with van der Waals surface area (Å²) in [6.07, 6.45) is 2.75. The summed E-state index contributed by atoms with van der Waals surface area (Å²) in [5.74, 6) is -0.0921. The number of hydrogen-bond acceptors (Lipinski definition) is 4. The molecule has 6 heteroatoms. The van der Waals surface area contributed by atoms with Crippen LogP contribution in [0.2, 0.25) is 0 Å². The molecule has 2 unspecified atom stereocenters. The van der Waals surface area contributed by atoms with Gasteiger partial charge in [0.15, 0.2) is 0 Å². The highest BCUT2D eigenvalue weighted by molar-refractivity contribution is 5.96. The van der Waals surface area contributed by atoms with Crippen molar-refractivity contribution < 1.29 is 14.7 Å². The maximum Gasteiger partial charge on any atom is 0.318 e. The zero-order chi connectivity index (χ0) is 13.3. The summed E-state index contributed by atoms with van der Waals surface area (Å²) in [4.78, 5) is 21.8. The second kappa shape index (κ2) is 8.95. The van der Waals surface area contributed by atoms with E-state index in [1.165, 1.54) is 0 Å². The SMILES string of the molecule is CCCC(CCO)CNC(C)C(=O)NC(N)=O. The normalized spacial score (nSPS) is 14.1. The zero-order valence-electron chi connectivity index (χ0n) is 10.5. The first-order valence-corrected chi connectivity index (χ1v) is 5.95. The van der Waals surface area contributed by atoms with Gasteiger partial charge in [0.1, 0.15) is 0 Å². The third-order valence-electron chi connectivity index (χ3n) is 2.59. The van der Waals surface area contributed by atoms with E-state index in [0.29, 0.717) is 18.9 Å². The van der Waals surface area contributed by atoms with Gasteiger partial charge >= 0.3 is 6.03 Å². The van der Waals surface area contributed by atoms with E-state index in [1.54, 1.807) is 6.92 Å². The summed E-state index contributed by atoms with van der Waals surface area (Å²) in [6, 6.07) is -1.32. The van der Waals surface area contributed by atoms with E-state index >= 15 is 0 Å². The van der Waals surface area contributed by atoms with Gasteiger partial charge in [0, 0.05) is 6.61 Å². The number of amides is 3. The standard InChI is InChI=1S/C11H23N3O3/c1-3-4-9(5-6-15)7-13-8(2)10(16)14-11(12)17/h8-9,13,15H,3-7H2,1-2H3,(H3,12,14,16,17). The molecule has 0 fully saturated rings. The Bertz CT molecular complexity index is 240. The van der Waals surface area contributed by atoms with Crippen molar-refractivity contribution in [1.82, 2.24) is 10.6 Å². The molecule has 2 atom stereocenters. The van der Waals surface area contributed by atoms with E-state index in [2.05, 4.69) is 12.2 Å². The van der Waals surface area contributed by atoms with Gasteiger partial charge in [-0.25, -0.2) is 4.79 Å². The Hall–Kier alpha value is -1.14. The quantitative estimate of drug-likeness (QED) is 0.481. The Labute approximate surface area is 102 Å². The molecule has 100 valence electrons. The summed E-state index contributed by atoms with van der Waals surface area (Å²) < 4.78 is 0. The Morgan fingerprint density at radius 3 is 2.47 bits per heavy atom. The van der Waals surface area contributed by atoms with Crippen molar-refractivity contribution in [1.29, 1.82) is 0 Å². The number of aliphatic hydroxyl groups is 1. The second-order valence-corrected chi connectivity index (χ2v) is 4.15. The lowest BCUT2D eigenvalue weighted by Gasteiger charge is -2.19. The molecule has 0 heterocycles. The number of rotatable bonds is 8. The molecule has 0 aromatic carbocycles. The maximum absolute atomic E-state index is 11.4. The minimum atomic E-state index is -0.843. The van der Waals surface area contributed by atoms with E-state index in [-0.39, 0.29) is 6.61 Å². The molecule has 0 aromatic heterocycles. The molecule has 6 nitrogen and oxygen atoms in total. The zero-order valence-corrected chi connectivity index (χ0v) is 10.5. The lowest BCUT2D eigenvalue weighted by molar-refractivity contribution is -0.121. The van der Waals surface area contributed by atoms with Crippen LogP contribution in [0.15, 0.2) is 0 Å². The van der Waals surface area contributed by atoms with Crippen molar-refractivity contribution in [3.05, 3.63) is 0 Å². The first kappa shape index (κ1) is 15.9. The Balaban J connectivity index is 3.97. The van der Waals surface area contributed by atoms with Crippen LogP contribution in [0, 0.1) is 5.92 Å². The summed E-state index contributed by atoms with van der Waals surface area (Å²) in [5, 5.41) is 13.9. The van der Waals surface area contributed by atoms with Crippen LogP contribution in [0.5, 0.6) is 0 Å². The number of carbonyl (C=O) groups excluding carboxylic acids is 2. The Morgan fingerprint density at radius 1 is 1.35 bits per heavy atom. The largest absolute Gasteiger partial charge is 0.396 e. The van der Waals surface area contributed by atoms with Gasteiger partial charge in [-0.05, 0) is 32.2 Å². The highest BCUT2D eigenvalue weighted by Crippen LogP contribution is 2.09. The van der Waals surface area contributed by atoms with Crippen molar-refractivity contribution in [3.63, 3.8) is 0 Å². The highest BCUT2D eigenvalue weighted by atomic mass is 16.3. The summed E-state index contributed by atoms with van der Waals surface area (Å²) in [5.41, 5.74) is 4.85. The number of aliphatic hydroxyl groups excluding tert-OH is 1. The predicted octanol–water partition coefficient (Wildman–Crippen LogP) is -0.0419. The molecule has 0 saturated carbocycles. The average molecular weight is 245 g/mol. The molecule has 0 spiro atoms. The number of primary amides is 1. The lowest BCUT2D eigenvalue weighted by Crippen LogP contribution is -2.47. The molecule has 0 aliphatic rings. The van der Waals surface area contributed by atoms with Gasteiger partial charge in [-0.1, -0.05) is 13.3 Å². The minimum absolute atomic E-state index is 0.147. The van der Waals surface area contributed by atoms with Crippen molar-refractivity contribution in [2.45, 2.75) is 39.2 Å². The van der Waals surface area contributed by atoms with Crippen LogP contribution in [0.4, 0.5) is 4.79 Å². The Kier molecular flexibility index (Phi) is 8.35. The average Bonchev–Trinajstić information content (AvgIpc) is 2.25. The molecule has 0 saturated heterocycles. The minimum Gasteiger partial charge on any atom is -0.396 e. The van der Waals surface area contributed by atoms with Gasteiger partial charge in [0.05, 0.1) is 6.04 Å². The van der Waals surface area contributed by atoms with Crippen LogP contribution in [-0.2, 0) is 4.79 Å². The molecule has 0 radical (unpaired) electrons. The van der Waals surface area contributed by atoms with Crippen LogP contribution < -0.4 is 16.4 Å². The van der Waals surface area contributed by atoms with Crippen molar-refractivity contribution >= 4 is 11.9 Å². The van der Waals surface area contributed by atoms with E-state index in [1.807, 2.05) is 5.32 Å². The molecule has 0 rings (SSSR count). The molecule has 0 aliphatic heterocycles. The van der Waals surface area contributed by atoms with Crippen LogP contribution in [0.1, 0.15) is 33.1 Å². The number of imide groups is 1. The molecule has 0 bridgehead atoms. The van der Waals surface area contributed by atoms with Gasteiger partial charge in [0.25, 0.3) is 0 Å². The second-order valence-electron chi connectivity index (χ2n) is 4.15. The van der Waals surface area contributed by atoms with Crippen LogP contribution in [0.25, 0.3) is 0 Å². The van der Waals surface area contributed by atoms with Gasteiger partial charge in [-0.15, -0.1) is 0 Å². The number of urea groups is 1. The van der Waals surface area contributed by atoms with Crippen molar-refractivity contribution in [3.8, 4) is 0 Å². The van der Waals surface area contributed by atoms with E-state index in [0.717, 1.165) is 12.8 Å².